The Morgan fingerprint density at radius 3 is 2.64 bits per heavy atom. The Bertz CT molecular complexity index is 980. The van der Waals surface area contributed by atoms with Crippen LogP contribution in [0.1, 0.15) is 43.0 Å². The first-order chi connectivity index (χ1) is 13.3. The van der Waals surface area contributed by atoms with Gasteiger partial charge in [0.1, 0.15) is 5.82 Å². The molecular weight excluding hydrogens is 369 g/mol. The van der Waals surface area contributed by atoms with E-state index in [1.807, 2.05) is 25.2 Å². The highest BCUT2D eigenvalue weighted by atomic mass is 19.4. The Morgan fingerprint density at radius 2 is 1.93 bits per heavy atom. The van der Waals surface area contributed by atoms with Gasteiger partial charge < -0.3 is 15.6 Å². The largest absolute Gasteiger partial charge is 0.419 e. The number of nitrogen functional groups attached to an aromatic ring is 1. The molecule has 6 nitrogen and oxygen atoms in total. The first-order valence-corrected chi connectivity index (χ1v) is 9.19. The average molecular weight is 390 g/mol. The fourth-order valence-corrected chi connectivity index (χ4v) is 3.89. The van der Waals surface area contributed by atoms with Gasteiger partial charge in [0.05, 0.1) is 16.6 Å². The van der Waals surface area contributed by atoms with Gasteiger partial charge in [-0.25, -0.2) is 15.0 Å². The summed E-state index contributed by atoms with van der Waals surface area (Å²) >= 11 is 0. The number of anilines is 2. The Hall–Kier alpha value is -2.84. The fraction of sp³-hybridized carbons (Fsp3) is 0.421. The third kappa shape index (κ3) is 3.61. The van der Waals surface area contributed by atoms with Crippen LogP contribution < -0.4 is 11.1 Å². The van der Waals surface area contributed by atoms with Gasteiger partial charge in [-0.3, -0.25) is 0 Å². The highest BCUT2D eigenvalue weighted by molar-refractivity contribution is 5.79. The van der Waals surface area contributed by atoms with E-state index in [9.17, 15) is 13.2 Å². The van der Waals surface area contributed by atoms with Crippen molar-refractivity contribution in [1.29, 1.82) is 0 Å². The van der Waals surface area contributed by atoms with Crippen molar-refractivity contribution in [2.45, 2.75) is 43.8 Å². The molecule has 3 aromatic rings. The summed E-state index contributed by atoms with van der Waals surface area (Å²) in [6, 6.07) is 5.78. The molecule has 28 heavy (non-hydrogen) atoms. The summed E-state index contributed by atoms with van der Waals surface area (Å²) in [7, 11) is 2.00. The third-order valence-electron chi connectivity index (χ3n) is 5.29. The van der Waals surface area contributed by atoms with E-state index in [4.69, 9.17) is 10.7 Å². The van der Waals surface area contributed by atoms with Gasteiger partial charge in [-0.2, -0.15) is 13.2 Å². The van der Waals surface area contributed by atoms with Crippen LogP contribution in [0.5, 0.6) is 0 Å². The van der Waals surface area contributed by atoms with Crippen LogP contribution in [0, 0.1) is 0 Å². The van der Waals surface area contributed by atoms with Crippen LogP contribution in [0.2, 0.25) is 0 Å². The molecule has 0 unspecified atom stereocenters. The summed E-state index contributed by atoms with van der Waals surface area (Å²) in [5, 5.41) is 3.17. The van der Waals surface area contributed by atoms with Gasteiger partial charge in [0.25, 0.3) is 0 Å². The van der Waals surface area contributed by atoms with E-state index < -0.39 is 11.7 Å². The zero-order valence-electron chi connectivity index (χ0n) is 15.4. The number of nitrogens with two attached hydrogens (primary N) is 1. The van der Waals surface area contributed by atoms with Crippen molar-refractivity contribution in [2.75, 3.05) is 11.1 Å². The monoisotopic (exact) mass is 390 g/mol. The van der Waals surface area contributed by atoms with E-state index in [0.29, 0.717) is 5.69 Å². The highest BCUT2D eigenvalue weighted by Gasteiger charge is 2.32. The normalized spacial score (nSPS) is 20.4. The van der Waals surface area contributed by atoms with Crippen LogP contribution in [0.25, 0.3) is 11.0 Å². The number of aryl methyl sites for hydroxylation is 1. The van der Waals surface area contributed by atoms with Crippen LogP contribution in [0.4, 0.5) is 24.8 Å². The summed E-state index contributed by atoms with van der Waals surface area (Å²) in [6.07, 6.45) is 0.927. The quantitative estimate of drug-likeness (QED) is 0.658. The number of rotatable bonds is 3. The predicted molar refractivity (Wildman–Crippen MR) is 101 cm³/mol. The second-order valence-corrected chi connectivity index (χ2v) is 7.28. The number of hydrogen-bond acceptors (Lipinski definition) is 5. The molecular formula is C19H21F3N6. The van der Waals surface area contributed by atoms with Crippen molar-refractivity contribution in [3.63, 3.8) is 0 Å². The first kappa shape index (κ1) is 18.5. The standard InChI is InChI=1S/C19H21F3N6/c1-28-16-6-5-13(23)8-15(16)27-17(28)11-3-2-4-14(7-11)26-18-24-9-12(10-25-18)19(20,21)22/h5-6,8-11,14H,2-4,7,23H2,1H3,(H,24,25,26)/t11-,14+/m0/s1. The lowest BCUT2D eigenvalue weighted by Gasteiger charge is -2.29. The molecule has 1 aliphatic rings. The first-order valence-electron chi connectivity index (χ1n) is 9.19. The molecule has 0 bridgehead atoms. The third-order valence-corrected chi connectivity index (χ3v) is 5.29. The van der Waals surface area contributed by atoms with E-state index in [0.717, 1.165) is 54.9 Å². The highest BCUT2D eigenvalue weighted by Crippen LogP contribution is 2.35. The van der Waals surface area contributed by atoms with Crippen molar-refractivity contribution < 1.29 is 13.2 Å². The SMILES string of the molecule is Cn1c([C@H]2CCC[C@@H](Nc3ncc(C(F)(F)F)cn3)C2)nc2cc(N)ccc21. The number of hydrogen-bond donors (Lipinski definition) is 2. The Balaban J connectivity index is 1.50. The number of alkyl halides is 3. The molecule has 4 rings (SSSR count). The van der Waals surface area contributed by atoms with Gasteiger partial charge in [0, 0.05) is 37.1 Å². The Labute approximate surface area is 160 Å². The van der Waals surface area contributed by atoms with Crippen LogP contribution in [-0.2, 0) is 13.2 Å². The zero-order chi connectivity index (χ0) is 19.9. The minimum Gasteiger partial charge on any atom is -0.399 e. The number of fused-ring (bicyclic) bond motifs is 1. The molecule has 1 aromatic carbocycles. The van der Waals surface area contributed by atoms with Crippen LogP contribution in [-0.4, -0.2) is 25.6 Å². The Morgan fingerprint density at radius 1 is 1.18 bits per heavy atom. The van der Waals surface area contributed by atoms with Gasteiger partial charge in [-0.05, 0) is 37.5 Å². The van der Waals surface area contributed by atoms with E-state index in [-0.39, 0.29) is 17.9 Å². The van der Waals surface area contributed by atoms with Gasteiger partial charge in [-0.1, -0.05) is 6.42 Å². The molecule has 0 amide bonds. The number of benzene rings is 1. The summed E-state index contributed by atoms with van der Waals surface area (Å²) in [5.74, 6) is 1.47. The molecule has 1 fully saturated rings. The van der Waals surface area contributed by atoms with E-state index in [1.54, 1.807) is 0 Å². The molecule has 2 heterocycles. The van der Waals surface area contributed by atoms with Gasteiger partial charge in [-0.15, -0.1) is 0 Å². The maximum atomic E-state index is 12.7. The molecule has 0 aliphatic heterocycles. The maximum absolute atomic E-state index is 12.7. The summed E-state index contributed by atoms with van der Waals surface area (Å²) in [6.45, 7) is 0. The van der Waals surface area contributed by atoms with Gasteiger partial charge in [0.15, 0.2) is 0 Å². The summed E-state index contributed by atoms with van der Waals surface area (Å²) < 4.78 is 40.0. The van der Waals surface area contributed by atoms with Gasteiger partial charge >= 0.3 is 6.18 Å². The van der Waals surface area contributed by atoms with Crippen LogP contribution >= 0.6 is 0 Å². The lowest BCUT2D eigenvalue weighted by Crippen LogP contribution is -2.28. The minimum absolute atomic E-state index is 0.0837. The van der Waals surface area contributed by atoms with Crippen molar-refractivity contribution in [1.82, 2.24) is 19.5 Å². The average Bonchev–Trinajstić information content (AvgIpc) is 2.97. The molecule has 9 heteroatoms. The summed E-state index contributed by atoms with van der Waals surface area (Å²) in [4.78, 5) is 12.4. The number of imidazole rings is 1. The second-order valence-electron chi connectivity index (χ2n) is 7.28. The maximum Gasteiger partial charge on any atom is 0.419 e. The van der Waals surface area contributed by atoms with Crippen LogP contribution in [0.3, 0.4) is 0 Å². The molecule has 2 atom stereocenters. The number of nitrogens with zero attached hydrogens (tertiary/aromatic N) is 4. The van der Waals surface area contributed by atoms with Crippen molar-refractivity contribution >= 4 is 22.7 Å². The second kappa shape index (κ2) is 6.96. The minimum atomic E-state index is -4.43. The molecule has 0 spiro atoms. The van der Waals surface area contributed by atoms with Crippen molar-refractivity contribution in [2.24, 2.45) is 7.05 Å². The van der Waals surface area contributed by atoms with Crippen LogP contribution in [0.15, 0.2) is 30.6 Å². The lowest BCUT2D eigenvalue weighted by molar-refractivity contribution is -0.138. The molecule has 148 valence electrons. The summed E-state index contributed by atoms with van der Waals surface area (Å²) in [5.41, 5.74) is 7.60. The topological polar surface area (TPSA) is 81.7 Å². The Kier molecular flexibility index (Phi) is 4.60. The molecule has 0 radical (unpaired) electrons. The lowest BCUT2D eigenvalue weighted by atomic mass is 9.85. The number of aromatic nitrogens is 4. The van der Waals surface area contributed by atoms with Gasteiger partial charge in [0.2, 0.25) is 5.95 Å². The smallest absolute Gasteiger partial charge is 0.399 e. The molecule has 3 N–H and O–H groups in total. The number of halogens is 3. The predicted octanol–water partition coefficient (Wildman–Crippen LogP) is 4.10. The molecule has 0 saturated heterocycles. The molecule has 2 aromatic heterocycles. The number of nitrogens with one attached hydrogen (secondary N) is 1. The van der Waals surface area contributed by atoms with E-state index >= 15 is 0 Å². The van der Waals surface area contributed by atoms with Crippen molar-refractivity contribution in [3.05, 3.63) is 42.0 Å². The molecule has 1 aliphatic carbocycles. The van der Waals surface area contributed by atoms with E-state index in [2.05, 4.69) is 19.9 Å². The van der Waals surface area contributed by atoms with E-state index in [1.165, 1.54) is 0 Å². The molecule has 1 saturated carbocycles. The van der Waals surface area contributed by atoms with Crippen molar-refractivity contribution in [3.8, 4) is 0 Å². The fourth-order valence-electron chi connectivity index (χ4n) is 3.89. The zero-order valence-corrected chi connectivity index (χ0v) is 15.4.